The standard InChI is InChI=1S/C18H21N3O/c1-14-12-20-17(13-19-14)18(22)21-9-7-16(8-10-21)11-15-5-3-2-4-6-15/h2-6,12-13,16H,7-11H2,1H3. The van der Waals surface area contributed by atoms with E-state index < -0.39 is 0 Å². The number of rotatable bonds is 3. The van der Waals surface area contributed by atoms with Crippen molar-refractivity contribution in [2.75, 3.05) is 13.1 Å². The van der Waals surface area contributed by atoms with Crippen LogP contribution in [0.15, 0.2) is 42.7 Å². The zero-order valence-electron chi connectivity index (χ0n) is 12.9. The molecule has 0 radical (unpaired) electrons. The van der Waals surface area contributed by atoms with E-state index in [1.54, 1.807) is 12.4 Å². The van der Waals surface area contributed by atoms with Crippen molar-refractivity contribution < 1.29 is 4.79 Å². The fourth-order valence-corrected chi connectivity index (χ4v) is 2.95. The third-order valence-electron chi connectivity index (χ3n) is 4.27. The van der Waals surface area contributed by atoms with Crippen molar-refractivity contribution in [3.63, 3.8) is 0 Å². The van der Waals surface area contributed by atoms with Crippen LogP contribution >= 0.6 is 0 Å². The van der Waals surface area contributed by atoms with E-state index >= 15 is 0 Å². The highest BCUT2D eigenvalue weighted by Crippen LogP contribution is 2.22. The Labute approximate surface area is 131 Å². The van der Waals surface area contributed by atoms with E-state index in [0.717, 1.165) is 38.0 Å². The molecule has 0 unspecified atom stereocenters. The summed E-state index contributed by atoms with van der Waals surface area (Å²) in [5, 5.41) is 0. The molecular weight excluding hydrogens is 274 g/mol. The van der Waals surface area contributed by atoms with Gasteiger partial charge in [-0.1, -0.05) is 30.3 Å². The molecule has 22 heavy (non-hydrogen) atoms. The van der Waals surface area contributed by atoms with Gasteiger partial charge >= 0.3 is 0 Å². The molecule has 1 aromatic heterocycles. The maximum Gasteiger partial charge on any atom is 0.274 e. The van der Waals surface area contributed by atoms with Gasteiger partial charge in [0.2, 0.25) is 0 Å². The highest BCUT2D eigenvalue weighted by Gasteiger charge is 2.24. The van der Waals surface area contributed by atoms with Crippen molar-refractivity contribution >= 4 is 5.91 Å². The Morgan fingerprint density at radius 1 is 1.14 bits per heavy atom. The van der Waals surface area contributed by atoms with E-state index in [1.807, 2.05) is 17.9 Å². The number of aryl methyl sites for hydroxylation is 1. The van der Waals surface area contributed by atoms with Crippen molar-refractivity contribution in [3.8, 4) is 0 Å². The molecule has 0 aliphatic carbocycles. The molecule has 1 fully saturated rings. The molecule has 1 amide bonds. The highest BCUT2D eigenvalue weighted by molar-refractivity contribution is 5.92. The number of hydrogen-bond donors (Lipinski definition) is 0. The van der Waals surface area contributed by atoms with Crippen LogP contribution in [0.1, 0.15) is 34.6 Å². The first kappa shape index (κ1) is 14.7. The first-order valence-electron chi connectivity index (χ1n) is 7.84. The molecule has 3 rings (SSSR count). The van der Waals surface area contributed by atoms with E-state index in [0.29, 0.717) is 11.6 Å². The summed E-state index contributed by atoms with van der Waals surface area (Å²) in [6, 6.07) is 10.6. The van der Waals surface area contributed by atoms with Crippen LogP contribution in [0.3, 0.4) is 0 Å². The van der Waals surface area contributed by atoms with Gasteiger partial charge < -0.3 is 4.90 Å². The molecule has 2 aromatic rings. The molecule has 0 N–H and O–H groups in total. The second-order valence-electron chi connectivity index (χ2n) is 5.97. The maximum absolute atomic E-state index is 12.4. The van der Waals surface area contributed by atoms with Crippen molar-refractivity contribution in [1.29, 1.82) is 0 Å². The molecular formula is C18H21N3O. The minimum Gasteiger partial charge on any atom is -0.337 e. The summed E-state index contributed by atoms with van der Waals surface area (Å²) in [4.78, 5) is 22.6. The lowest BCUT2D eigenvalue weighted by molar-refractivity contribution is 0.0684. The van der Waals surface area contributed by atoms with Crippen LogP contribution in [0.2, 0.25) is 0 Å². The van der Waals surface area contributed by atoms with E-state index in [4.69, 9.17) is 0 Å². The number of likely N-dealkylation sites (tertiary alicyclic amines) is 1. The number of aromatic nitrogens is 2. The Hall–Kier alpha value is -2.23. The number of carbonyl (C=O) groups is 1. The lowest BCUT2D eigenvalue weighted by Crippen LogP contribution is -2.39. The van der Waals surface area contributed by atoms with Gasteiger partial charge in [0.15, 0.2) is 0 Å². The Balaban J connectivity index is 1.55. The third kappa shape index (κ3) is 3.50. The summed E-state index contributed by atoms with van der Waals surface area (Å²) in [5.74, 6) is 0.668. The SMILES string of the molecule is Cc1cnc(C(=O)N2CCC(Cc3ccccc3)CC2)cn1. The van der Waals surface area contributed by atoms with Gasteiger partial charge in [0.1, 0.15) is 5.69 Å². The van der Waals surface area contributed by atoms with Crippen LogP contribution in [0.4, 0.5) is 0 Å². The second-order valence-corrected chi connectivity index (χ2v) is 5.97. The number of amides is 1. The van der Waals surface area contributed by atoms with Crippen LogP contribution in [0, 0.1) is 12.8 Å². The first-order chi connectivity index (χ1) is 10.7. The van der Waals surface area contributed by atoms with E-state index in [-0.39, 0.29) is 5.91 Å². The summed E-state index contributed by atoms with van der Waals surface area (Å²) in [6.45, 7) is 3.49. The number of hydrogen-bond acceptors (Lipinski definition) is 3. The number of benzene rings is 1. The molecule has 1 saturated heterocycles. The molecule has 1 aromatic carbocycles. The predicted molar refractivity (Wildman–Crippen MR) is 85.5 cm³/mol. The molecule has 2 heterocycles. The van der Waals surface area contributed by atoms with Gasteiger partial charge in [0.25, 0.3) is 5.91 Å². The average molecular weight is 295 g/mol. The van der Waals surface area contributed by atoms with Gasteiger partial charge in [-0.25, -0.2) is 4.98 Å². The zero-order chi connectivity index (χ0) is 15.4. The van der Waals surface area contributed by atoms with Gasteiger partial charge in [0.05, 0.1) is 11.9 Å². The molecule has 0 atom stereocenters. The van der Waals surface area contributed by atoms with Crippen LogP contribution in [0.25, 0.3) is 0 Å². The van der Waals surface area contributed by atoms with Gasteiger partial charge in [-0.15, -0.1) is 0 Å². The topological polar surface area (TPSA) is 46.1 Å². The first-order valence-corrected chi connectivity index (χ1v) is 7.84. The zero-order valence-corrected chi connectivity index (χ0v) is 12.9. The molecule has 4 nitrogen and oxygen atoms in total. The van der Waals surface area contributed by atoms with Crippen molar-refractivity contribution in [1.82, 2.24) is 14.9 Å². The largest absolute Gasteiger partial charge is 0.337 e. The number of carbonyl (C=O) groups excluding carboxylic acids is 1. The molecule has 1 aliphatic rings. The van der Waals surface area contributed by atoms with Gasteiger partial charge in [-0.3, -0.25) is 9.78 Å². The van der Waals surface area contributed by atoms with Crippen LogP contribution in [-0.2, 0) is 6.42 Å². The lowest BCUT2D eigenvalue weighted by Gasteiger charge is -2.31. The van der Waals surface area contributed by atoms with Gasteiger partial charge in [0, 0.05) is 19.3 Å². The van der Waals surface area contributed by atoms with E-state index in [9.17, 15) is 4.79 Å². The summed E-state index contributed by atoms with van der Waals surface area (Å²) in [6.07, 6.45) is 6.44. The fourth-order valence-electron chi connectivity index (χ4n) is 2.95. The summed E-state index contributed by atoms with van der Waals surface area (Å²) >= 11 is 0. The summed E-state index contributed by atoms with van der Waals surface area (Å²) in [5.41, 5.74) is 2.67. The van der Waals surface area contributed by atoms with Crippen molar-refractivity contribution in [3.05, 3.63) is 59.7 Å². The van der Waals surface area contributed by atoms with E-state index in [1.165, 1.54) is 5.56 Å². The molecule has 114 valence electrons. The molecule has 0 bridgehead atoms. The van der Waals surface area contributed by atoms with Gasteiger partial charge in [-0.2, -0.15) is 0 Å². The van der Waals surface area contributed by atoms with Crippen molar-refractivity contribution in [2.24, 2.45) is 5.92 Å². The van der Waals surface area contributed by atoms with Crippen LogP contribution < -0.4 is 0 Å². The summed E-state index contributed by atoms with van der Waals surface area (Å²) < 4.78 is 0. The Morgan fingerprint density at radius 3 is 2.50 bits per heavy atom. The predicted octanol–water partition coefficient (Wildman–Crippen LogP) is 2.88. The molecule has 0 saturated carbocycles. The third-order valence-corrected chi connectivity index (χ3v) is 4.27. The van der Waals surface area contributed by atoms with Crippen LogP contribution in [-0.4, -0.2) is 33.9 Å². The fraction of sp³-hybridized carbons (Fsp3) is 0.389. The lowest BCUT2D eigenvalue weighted by atomic mass is 9.90. The molecule has 0 spiro atoms. The Bertz CT molecular complexity index is 617. The quantitative estimate of drug-likeness (QED) is 0.874. The second kappa shape index (κ2) is 6.69. The summed E-state index contributed by atoms with van der Waals surface area (Å²) in [7, 11) is 0. The van der Waals surface area contributed by atoms with Gasteiger partial charge in [-0.05, 0) is 37.7 Å². The number of nitrogens with zero attached hydrogens (tertiary/aromatic N) is 3. The average Bonchev–Trinajstić information content (AvgIpc) is 2.57. The van der Waals surface area contributed by atoms with Crippen LogP contribution in [0.5, 0.6) is 0 Å². The van der Waals surface area contributed by atoms with E-state index in [2.05, 4.69) is 34.2 Å². The normalized spacial score (nSPS) is 15.8. The highest BCUT2D eigenvalue weighted by atomic mass is 16.2. The Kier molecular flexibility index (Phi) is 4.47. The minimum absolute atomic E-state index is 0.00524. The molecule has 1 aliphatic heterocycles. The molecule has 4 heteroatoms. The maximum atomic E-state index is 12.4. The monoisotopic (exact) mass is 295 g/mol. The number of piperidine rings is 1. The Morgan fingerprint density at radius 2 is 1.86 bits per heavy atom. The minimum atomic E-state index is 0.00524. The smallest absolute Gasteiger partial charge is 0.274 e. The van der Waals surface area contributed by atoms with Crippen molar-refractivity contribution in [2.45, 2.75) is 26.2 Å².